The summed E-state index contributed by atoms with van der Waals surface area (Å²) in [5.74, 6) is 0.524. The summed E-state index contributed by atoms with van der Waals surface area (Å²) in [4.78, 5) is 4.76. The quantitative estimate of drug-likeness (QED) is 0.463. The lowest BCUT2D eigenvalue weighted by Gasteiger charge is -2.45. The van der Waals surface area contributed by atoms with Crippen molar-refractivity contribution in [3.05, 3.63) is 65.7 Å². The lowest BCUT2D eigenvalue weighted by Crippen LogP contribution is -2.43. The van der Waals surface area contributed by atoms with Crippen molar-refractivity contribution in [3.63, 3.8) is 0 Å². The number of hydrogen-bond donors (Lipinski definition) is 1. The van der Waals surface area contributed by atoms with Crippen molar-refractivity contribution < 1.29 is 4.39 Å². The fraction of sp³-hybridized carbons (Fsp3) is 0.480. The lowest BCUT2D eigenvalue weighted by molar-refractivity contribution is 0.245. The Morgan fingerprint density at radius 1 is 1.27 bits per heavy atom. The molecule has 160 valence electrons. The summed E-state index contributed by atoms with van der Waals surface area (Å²) in [7, 11) is 0. The average molecular weight is 426 g/mol. The maximum absolute atomic E-state index is 13.2. The van der Waals surface area contributed by atoms with Gasteiger partial charge < -0.3 is 5.73 Å². The zero-order valence-electron chi connectivity index (χ0n) is 18.0. The first-order valence-electron chi connectivity index (χ1n) is 11.1. The Bertz CT molecular complexity index is 886. The number of nitrogens with zero attached hydrogens (tertiary/aromatic N) is 2. The third kappa shape index (κ3) is 4.73. The molecule has 0 radical (unpaired) electrons. The number of aliphatic imine (C=N–C) groups is 1. The highest BCUT2D eigenvalue weighted by Gasteiger charge is 2.40. The van der Waals surface area contributed by atoms with Crippen LogP contribution in [0, 0.1) is 17.2 Å². The van der Waals surface area contributed by atoms with Gasteiger partial charge in [-0.3, -0.25) is 0 Å². The molecule has 0 amide bonds. The molecule has 5 heteroatoms. The van der Waals surface area contributed by atoms with Crippen molar-refractivity contribution >= 4 is 23.3 Å². The second kappa shape index (κ2) is 9.11. The van der Waals surface area contributed by atoms with Crippen molar-refractivity contribution in [2.24, 2.45) is 22.1 Å². The van der Waals surface area contributed by atoms with Crippen LogP contribution in [0.15, 0.2) is 64.8 Å². The molecule has 0 bridgehead atoms. The van der Waals surface area contributed by atoms with E-state index in [1.165, 1.54) is 37.0 Å². The van der Waals surface area contributed by atoms with E-state index < -0.39 is 0 Å². The van der Waals surface area contributed by atoms with Crippen molar-refractivity contribution in [2.75, 3.05) is 13.1 Å². The predicted octanol–water partition coefficient (Wildman–Crippen LogP) is 6.18. The Morgan fingerprint density at radius 3 is 2.73 bits per heavy atom. The van der Waals surface area contributed by atoms with Crippen LogP contribution < -0.4 is 5.73 Å². The molecule has 0 saturated carbocycles. The fourth-order valence-electron chi connectivity index (χ4n) is 4.77. The third-order valence-electron chi connectivity index (χ3n) is 6.66. The van der Waals surface area contributed by atoms with Gasteiger partial charge >= 0.3 is 0 Å². The number of piperidine rings is 1. The van der Waals surface area contributed by atoms with Crippen LogP contribution in [-0.2, 0) is 0 Å². The van der Waals surface area contributed by atoms with Gasteiger partial charge in [-0.1, -0.05) is 43.5 Å². The van der Waals surface area contributed by atoms with Crippen LogP contribution in [0.2, 0.25) is 0 Å². The van der Waals surface area contributed by atoms with Crippen molar-refractivity contribution in [3.8, 4) is 0 Å². The van der Waals surface area contributed by atoms with E-state index in [1.54, 1.807) is 18.3 Å². The first kappa shape index (κ1) is 21.4. The molecule has 3 nitrogen and oxygen atoms in total. The van der Waals surface area contributed by atoms with E-state index >= 15 is 0 Å². The number of benzene rings is 1. The van der Waals surface area contributed by atoms with Gasteiger partial charge in [-0.25, -0.2) is 13.7 Å². The number of rotatable bonds is 4. The van der Waals surface area contributed by atoms with E-state index in [2.05, 4.69) is 36.4 Å². The van der Waals surface area contributed by atoms with Gasteiger partial charge in [0.15, 0.2) is 0 Å². The topological polar surface area (TPSA) is 41.6 Å². The van der Waals surface area contributed by atoms with Crippen LogP contribution in [-0.4, -0.2) is 28.4 Å². The molecule has 3 aliphatic rings. The minimum Gasteiger partial charge on any atom is -0.404 e. The van der Waals surface area contributed by atoms with Crippen LogP contribution >= 0.6 is 11.9 Å². The SMILES string of the molecule is CCC1C=CC(SN2CCC3=CC(=Nc4ccc(F)cc4)C(=CN)CC3(C)C2)CC1. The number of nitrogens with two attached hydrogens (primary N) is 1. The van der Waals surface area contributed by atoms with Crippen LogP contribution in [0.25, 0.3) is 0 Å². The summed E-state index contributed by atoms with van der Waals surface area (Å²) >= 11 is 2.02. The molecule has 1 saturated heterocycles. The first-order chi connectivity index (χ1) is 14.5. The van der Waals surface area contributed by atoms with E-state index in [1.807, 2.05) is 11.9 Å². The molecule has 1 aliphatic heterocycles. The molecule has 4 rings (SSSR count). The Kier molecular flexibility index (Phi) is 6.49. The van der Waals surface area contributed by atoms with E-state index in [0.717, 1.165) is 48.8 Å². The Balaban J connectivity index is 1.49. The normalized spacial score (nSPS) is 32.3. The van der Waals surface area contributed by atoms with E-state index in [0.29, 0.717) is 5.25 Å². The van der Waals surface area contributed by atoms with Gasteiger partial charge in [0, 0.05) is 23.8 Å². The minimum atomic E-state index is -0.244. The summed E-state index contributed by atoms with van der Waals surface area (Å²) in [5.41, 5.74) is 10.3. The van der Waals surface area contributed by atoms with Crippen LogP contribution in [0.5, 0.6) is 0 Å². The Labute approximate surface area is 184 Å². The highest BCUT2D eigenvalue weighted by atomic mass is 32.2. The largest absolute Gasteiger partial charge is 0.404 e. The van der Waals surface area contributed by atoms with Crippen molar-refractivity contribution in [1.29, 1.82) is 0 Å². The summed E-state index contributed by atoms with van der Waals surface area (Å²) in [6, 6.07) is 6.32. The average Bonchev–Trinajstić information content (AvgIpc) is 2.75. The highest BCUT2D eigenvalue weighted by molar-refractivity contribution is 7.97. The number of halogens is 1. The molecule has 1 aromatic carbocycles. The smallest absolute Gasteiger partial charge is 0.123 e. The first-order valence-corrected chi connectivity index (χ1v) is 11.9. The maximum atomic E-state index is 13.2. The van der Waals surface area contributed by atoms with Gasteiger partial charge in [0.05, 0.1) is 11.4 Å². The monoisotopic (exact) mass is 425 g/mol. The molecule has 1 fully saturated rings. The summed E-state index contributed by atoms with van der Waals surface area (Å²) in [6.45, 7) is 6.74. The zero-order valence-corrected chi connectivity index (χ0v) is 18.8. The molecule has 1 heterocycles. The Morgan fingerprint density at radius 2 is 2.07 bits per heavy atom. The van der Waals surface area contributed by atoms with Gasteiger partial charge in [0.1, 0.15) is 5.82 Å². The summed E-state index contributed by atoms with van der Waals surface area (Å²) in [6.07, 6.45) is 14.5. The van der Waals surface area contributed by atoms with Crippen LogP contribution in [0.1, 0.15) is 46.0 Å². The molecule has 0 aromatic heterocycles. The zero-order chi connectivity index (χ0) is 21.1. The number of allylic oxidation sites excluding steroid dienone is 3. The van der Waals surface area contributed by atoms with E-state index in [-0.39, 0.29) is 11.2 Å². The molecular weight excluding hydrogens is 393 g/mol. The van der Waals surface area contributed by atoms with Crippen LogP contribution in [0.4, 0.5) is 10.1 Å². The molecule has 2 N–H and O–H groups in total. The lowest BCUT2D eigenvalue weighted by atomic mass is 9.69. The van der Waals surface area contributed by atoms with Gasteiger partial charge in [-0.2, -0.15) is 0 Å². The molecule has 3 atom stereocenters. The molecule has 30 heavy (non-hydrogen) atoms. The summed E-state index contributed by atoms with van der Waals surface area (Å²) < 4.78 is 15.8. The predicted molar refractivity (Wildman–Crippen MR) is 126 cm³/mol. The van der Waals surface area contributed by atoms with Gasteiger partial charge in [-0.05, 0) is 80.1 Å². The molecule has 2 aliphatic carbocycles. The molecule has 0 spiro atoms. The minimum absolute atomic E-state index is 0.0859. The van der Waals surface area contributed by atoms with Crippen molar-refractivity contribution in [2.45, 2.75) is 51.2 Å². The Hall–Kier alpha value is -1.85. The second-order valence-electron chi connectivity index (χ2n) is 8.96. The molecule has 3 unspecified atom stereocenters. The standard InChI is InChI=1S/C25H32FN3S/c1-3-18-4-10-23(11-5-18)30-29-13-12-20-14-24(19(16-27)15-25(20,2)17-29)28-22-8-6-21(26)7-9-22/h4,6-10,14,16,18,23H,3,5,11-13,15,17,27H2,1-2H3. The maximum Gasteiger partial charge on any atom is 0.123 e. The number of hydrogen-bond acceptors (Lipinski definition) is 4. The molecule has 1 aromatic rings. The number of fused-ring (bicyclic) bond motifs is 1. The van der Waals surface area contributed by atoms with Gasteiger partial charge in [0.25, 0.3) is 0 Å². The van der Waals surface area contributed by atoms with Gasteiger partial charge in [-0.15, -0.1) is 0 Å². The third-order valence-corrected chi connectivity index (χ3v) is 7.93. The molecular formula is C25H32FN3S. The summed E-state index contributed by atoms with van der Waals surface area (Å²) in [5, 5.41) is 0.602. The van der Waals surface area contributed by atoms with Crippen molar-refractivity contribution in [1.82, 2.24) is 4.31 Å². The van der Waals surface area contributed by atoms with Gasteiger partial charge in [0.2, 0.25) is 0 Å². The van der Waals surface area contributed by atoms with E-state index in [4.69, 9.17) is 10.7 Å². The fourth-order valence-corrected chi connectivity index (χ4v) is 6.11. The highest BCUT2D eigenvalue weighted by Crippen LogP contribution is 2.46. The van der Waals surface area contributed by atoms with E-state index in [9.17, 15) is 4.39 Å². The van der Waals surface area contributed by atoms with Crippen LogP contribution in [0.3, 0.4) is 0 Å². The second-order valence-corrected chi connectivity index (χ2v) is 10.3.